The van der Waals surface area contributed by atoms with Crippen molar-refractivity contribution in [2.75, 3.05) is 39.1 Å². The lowest BCUT2D eigenvalue weighted by Crippen LogP contribution is -2.42. The van der Waals surface area contributed by atoms with Crippen LogP contribution in [0.4, 0.5) is 13.2 Å². The molecule has 0 spiro atoms. The summed E-state index contributed by atoms with van der Waals surface area (Å²) in [6.45, 7) is 5.48. The average molecular weight is 408 g/mol. The van der Waals surface area contributed by atoms with Crippen LogP contribution in [0.5, 0.6) is 0 Å². The van der Waals surface area contributed by atoms with E-state index in [1.807, 2.05) is 6.92 Å². The SMILES string of the molecule is CCC/C=C(NCCCN1CCOCC1=O)/C(=C\N=C(C)SC)C(F)(F)F. The van der Waals surface area contributed by atoms with E-state index in [4.69, 9.17) is 4.74 Å². The molecule has 1 rings (SSSR count). The molecule has 0 bridgehead atoms. The van der Waals surface area contributed by atoms with E-state index in [2.05, 4.69) is 10.3 Å². The highest BCUT2D eigenvalue weighted by Gasteiger charge is 2.36. The molecule has 0 aliphatic carbocycles. The Balaban J connectivity index is 2.78. The molecule has 0 aromatic rings. The van der Waals surface area contributed by atoms with Gasteiger partial charge in [-0.2, -0.15) is 13.2 Å². The molecular formula is C18H28F3N3O2S. The monoisotopic (exact) mass is 407 g/mol. The summed E-state index contributed by atoms with van der Waals surface area (Å²) in [5, 5.41) is 3.44. The van der Waals surface area contributed by atoms with Crippen LogP contribution >= 0.6 is 11.8 Å². The van der Waals surface area contributed by atoms with Crippen LogP contribution in [-0.4, -0.2) is 61.1 Å². The number of alkyl halides is 3. The fraction of sp³-hybridized carbons (Fsp3) is 0.667. The Kier molecular flexibility index (Phi) is 10.5. The van der Waals surface area contributed by atoms with Crippen molar-refractivity contribution in [3.05, 3.63) is 23.5 Å². The molecule has 1 N–H and O–H groups in total. The number of aliphatic imine (C=N–C) groups is 1. The highest BCUT2D eigenvalue weighted by atomic mass is 32.2. The molecule has 1 amide bonds. The van der Waals surface area contributed by atoms with Crippen molar-refractivity contribution in [3.63, 3.8) is 0 Å². The third kappa shape index (κ3) is 8.83. The van der Waals surface area contributed by atoms with Crippen LogP contribution in [0.1, 0.15) is 33.1 Å². The smallest absolute Gasteiger partial charge is 0.385 e. The second kappa shape index (κ2) is 12.1. The minimum Gasteiger partial charge on any atom is -0.385 e. The van der Waals surface area contributed by atoms with Crippen LogP contribution in [0.2, 0.25) is 0 Å². The van der Waals surface area contributed by atoms with Gasteiger partial charge in [-0.25, -0.2) is 0 Å². The molecule has 5 nitrogen and oxygen atoms in total. The number of morpholine rings is 1. The van der Waals surface area contributed by atoms with E-state index in [0.717, 1.165) is 12.6 Å². The van der Waals surface area contributed by atoms with Crippen molar-refractivity contribution in [3.8, 4) is 0 Å². The molecule has 0 saturated carbocycles. The van der Waals surface area contributed by atoms with Crippen molar-refractivity contribution < 1.29 is 22.7 Å². The summed E-state index contributed by atoms with van der Waals surface area (Å²) in [5.74, 6) is -0.0826. The number of amides is 1. The van der Waals surface area contributed by atoms with E-state index < -0.39 is 11.7 Å². The molecule has 154 valence electrons. The molecular weight excluding hydrogens is 379 g/mol. The van der Waals surface area contributed by atoms with Gasteiger partial charge in [0, 0.05) is 31.5 Å². The van der Waals surface area contributed by atoms with Gasteiger partial charge in [-0.15, -0.1) is 11.8 Å². The highest BCUT2D eigenvalue weighted by molar-refractivity contribution is 8.13. The molecule has 0 atom stereocenters. The van der Waals surface area contributed by atoms with Gasteiger partial charge in [0.25, 0.3) is 0 Å². The zero-order valence-electron chi connectivity index (χ0n) is 16.1. The van der Waals surface area contributed by atoms with Crippen molar-refractivity contribution in [2.24, 2.45) is 4.99 Å². The molecule has 0 radical (unpaired) electrons. The average Bonchev–Trinajstić information content (AvgIpc) is 2.62. The summed E-state index contributed by atoms with van der Waals surface area (Å²) in [4.78, 5) is 17.2. The van der Waals surface area contributed by atoms with Gasteiger partial charge in [0.05, 0.1) is 17.2 Å². The Hall–Kier alpha value is -1.48. The van der Waals surface area contributed by atoms with Gasteiger partial charge in [0.2, 0.25) is 5.91 Å². The number of allylic oxidation sites excluding steroid dienone is 2. The van der Waals surface area contributed by atoms with Gasteiger partial charge in [0.15, 0.2) is 0 Å². The fourth-order valence-electron chi connectivity index (χ4n) is 2.35. The molecule has 1 saturated heterocycles. The molecule has 1 aliphatic rings. The van der Waals surface area contributed by atoms with Gasteiger partial charge < -0.3 is 15.0 Å². The number of unbranched alkanes of at least 4 members (excludes halogenated alkanes) is 1. The molecule has 0 aromatic carbocycles. The molecule has 1 heterocycles. The topological polar surface area (TPSA) is 53.9 Å². The predicted octanol–water partition coefficient (Wildman–Crippen LogP) is 3.74. The molecule has 27 heavy (non-hydrogen) atoms. The van der Waals surface area contributed by atoms with E-state index >= 15 is 0 Å². The van der Waals surface area contributed by atoms with Crippen molar-refractivity contribution >= 4 is 22.7 Å². The first-order valence-electron chi connectivity index (χ1n) is 8.95. The van der Waals surface area contributed by atoms with Crippen LogP contribution in [-0.2, 0) is 9.53 Å². The number of thioether (sulfide) groups is 1. The number of carbonyl (C=O) groups excluding carboxylic acids is 1. The summed E-state index contributed by atoms with van der Waals surface area (Å²) < 4.78 is 45.6. The maximum Gasteiger partial charge on any atom is 0.419 e. The normalized spacial score (nSPS) is 17.5. The van der Waals surface area contributed by atoms with E-state index in [1.54, 1.807) is 24.2 Å². The predicted molar refractivity (Wildman–Crippen MR) is 104 cm³/mol. The number of hydrogen-bond donors (Lipinski definition) is 1. The first-order chi connectivity index (χ1) is 12.8. The lowest BCUT2D eigenvalue weighted by molar-refractivity contribution is -0.142. The van der Waals surface area contributed by atoms with Crippen molar-refractivity contribution in [1.82, 2.24) is 10.2 Å². The van der Waals surface area contributed by atoms with Crippen LogP contribution < -0.4 is 5.32 Å². The number of ether oxygens (including phenoxy) is 1. The Morgan fingerprint density at radius 1 is 1.44 bits per heavy atom. The van der Waals surface area contributed by atoms with Gasteiger partial charge in [0.1, 0.15) is 6.61 Å². The van der Waals surface area contributed by atoms with Gasteiger partial charge in [-0.1, -0.05) is 19.4 Å². The molecule has 1 aliphatic heterocycles. The number of carbonyl (C=O) groups is 1. The van der Waals surface area contributed by atoms with Gasteiger partial charge >= 0.3 is 6.18 Å². The maximum atomic E-state index is 13.5. The number of hydrogen-bond acceptors (Lipinski definition) is 5. The van der Waals surface area contributed by atoms with Crippen LogP contribution in [0, 0.1) is 0 Å². The molecule has 0 aromatic heterocycles. The maximum absolute atomic E-state index is 13.5. The minimum absolute atomic E-state index is 0.0373. The molecule has 1 fully saturated rings. The van der Waals surface area contributed by atoms with Gasteiger partial charge in [-0.05, 0) is 26.0 Å². The Bertz CT molecular complexity index is 575. The van der Waals surface area contributed by atoms with Crippen LogP contribution in [0.15, 0.2) is 28.5 Å². The lowest BCUT2D eigenvalue weighted by atomic mass is 10.1. The first-order valence-corrected chi connectivity index (χ1v) is 10.2. The summed E-state index contributed by atoms with van der Waals surface area (Å²) in [7, 11) is 0. The fourth-order valence-corrected chi connectivity index (χ4v) is 2.51. The summed E-state index contributed by atoms with van der Waals surface area (Å²) >= 11 is 1.29. The van der Waals surface area contributed by atoms with Gasteiger partial charge in [-0.3, -0.25) is 9.79 Å². The number of halogens is 3. The second-order valence-electron chi connectivity index (χ2n) is 6.01. The molecule has 9 heteroatoms. The highest BCUT2D eigenvalue weighted by Crippen LogP contribution is 2.30. The minimum atomic E-state index is -4.51. The number of nitrogens with zero attached hydrogens (tertiary/aromatic N) is 2. The summed E-state index contributed by atoms with van der Waals surface area (Å²) in [6.07, 6.45) is 1.52. The number of nitrogens with one attached hydrogen (secondary N) is 1. The second-order valence-corrected chi connectivity index (χ2v) is 7.01. The quantitative estimate of drug-likeness (QED) is 0.274. The van der Waals surface area contributed by atoms with Crippen LogP contribution in [0.3, 0.4) is 0 Å². The van der Waals surface area contributed by atoms with Crippen LogP contribution in [0.25, 0.3) is 0 Å². The van der Waals surface area contributed by atoms with E-state index in [9.17, 15) is 18.0 Å². The third-order valence-corrected chi connectivity index (χ3v) is 4.60. The van der Waals surface area contributed by atoms with E-state index in [-0.39, 0.29) is 18.2 Å². The lowest BCUT2D eigenvalue weighted by Gasteiger charge is -2.27. The summed E-state index contributed by atoms with van der Waals surface area (Å²) in [5.41, 5.74) is -0.748. The first kappa shape index (κ1) is 23.6. The van der Waals surface area contributed by atoms with Crippen molar-refractivity contribution in [2.45, 2.75) is 39.3 Å². The largest absolute Gasteiger partial charge is 0.419 e. The van der Waals surface area contributed by atoms with E-state index in [1.165, 1.54) is 11.8 Å². The number of rotatable bonds is 9. The Morgan fingerprint density at radius 3 is 2.78 bits per heavy atom. The zero-order chi connectivity index (χ0) is 20.3. The Morgan fingerprint density at radius 2 is 2.19 bits per heavy atom. The standard InChI is InChI=1S/C18H28F3N3O2S/c1-4-5-7-16(15(18(19,20)21)12-23-14(2)27-3)22-8-6-9-24-10-11-26-13-17(24)25/h7,12,22H,4-6,8-11,13H2,1-3H3/b15-12+,16-7-,23-14?. The third-order valence-electron chi connectivity index (χ3n) is 3.91. The van der Waals surface area contributed by atoms with Crippen molar-refractivity contribution in [1.29, 1.82) is 0 Å². The zero-order valence-corrected chi connectivity index (χ0v) is 16.9. The summed E-state index contributed by atoms with van der Waals surface area (Å²) in [6, 6.07) is 0. The van der Waals surface area contributed by atoms with E-state index in [0.29, 0.717) is 44.1 Å². The Labute approximate surface area is 163 Å². The molecule has 0 unspecified atom stereocenters.